The van der Waals surface area contributed by atoms with Crippen molar-refractivity contribution >= 4 is 40.3 Å². The summed E-state index contributed by atoms with van der Waals surface area (Å²) in [6.45, 7) is 0.332. The van der Waals surface area contributed by atoms with Crippen LogP contribution < -0.4 is 10.1 Å². The number of nitrogens with one attached hydrogen (secondary N) is 1. The van der Waals surface area contributed by atoms with Crippen molar-refractivity contribution in [3.63, 3.8) is 0 Å². The molecule has 0 radical (unpaired) electrons. The lowest BCUT2D eigenvalue weighted by atomic mass is 10.1. The second-order valence-corrected chi connectivity index (χ2v) is 9.50. The van der Waals surface area contributed by atoms with Gasteiger partial charge in [0, 0.05) is 29.8 Å². The first-order valence-electron chi connectivity index (χ1n) is 11.9. The Morgan fingerprint density at radius 1 is 1.05 bits per heavy atom. The molecule has 2 aliphatic rings. The molecule has 0 saturated heterocycles. The molecule has 0 saturated carbocycles. The number of amidine groups is 2. The normalized spacial score (nSPS) is 16.0. The lowest BCUT2D eigenvalue weighted by Crippen LogP contribution is -2.41. The molecule has 1 atom stereocenters. The van der Waals surface area contributed by atoms with E-state index in [-0.39, 0.29) is 30.5 Å². The van der Waals surface area contributed by atoms with Gasteiger partial charge in [0.2, 0.25) is 5.91 Å². The van der Waals surface area contributed by atoms with Crippen LogP contribution in [0.4, 0.5) is 10.1 Å². The first-order chi connectivity index (χ1) is 18.0. The number of carbonyl (C=O) groups is 2. The van der Waals surface area contributed by atoms with Gasteiger partial charge in [-0.05, 0) is 36.2 Å². The van der Waals surface area contributed by atoms with Crippen LogP contribution >= 0.6 is 11.8 Å². The summed E-state index contributed by atoms with van der Waals surface area (Å²) in [7, 11) is 1.59. The maximum atomic E-state index is 14.2. The highest BCUT2D eigenvalue weighted by Crippen LogP contribution is 2.35. The van der Waals surface area contributed by atoms with Crippen molar-refractivity contribution in [2.45, 2.75) is 31.2 Å². The lowest BCUT2D eigenvalue weighted by Gasteiger charge is -2.25. The number of rotatable bonds is 8. The third-order valence-electron chi connectivity index (χ3n) is 6.18. The zero-order chi connectivity index (χ0) is 25.8. The van der Waals surface area contributed by atoms with Crippen molar-refractivity contribution in [2.24, 2.45) is 9.98 Å². The van der Waals surface area contributed by atoms with E-state index < -0.39 is 6.04 Å². The second kappa shape index (κ2) is 11.0. The molecule has 188 valence electrons. The second-order valence-electron chi connectivity index (χ2n) is 8.56. The zero-order valence-corrected chi connectivity index (χ0v) is 21.0. The molecule has 0 aliphatic carbocycles. The van der Waals surface area contributed by atoms with E-state index in [1.54, 1.807) is 25.3 Å². The highest BCUT2D eigenvalue weighted by atomic mass is 32.2. The largest absolute Gasteiger partial charge is 0.496 e. The van der Waals surface area contributed by atoms with Crippen molar-refractivity contribution in [1.82, 2.24) is 10.2 Å². The van der Waals surface area contributed by atoms with Gasteiger partial charge in [-0.2, -0.15) is 0 Å². The van der Waals surface area contributed by atoms with Crippen molar-refractivity contribution < 1.29 is 18.7 Å². The number of carbonyl (C=O) groups excluding carboxylic acids is 2. The minimum absolute atomic E-state index is 0.146. The Bertz CT molecular complexity index is 1410. The van der Waals surface area contributed by atoms with E-state index in [0.717, 1.165) is 11.1 Å². The van der Waals surface area contributed by atoms with Gasteiger partial charge in [-0.25, -0.2) is 14.3 Å². The molecule has 0 bridgehead atoms. The van der Waals surface area contributed by atoms with Gasteiger partial charge in [0.15, 0.2) is 5.17 Å². The van der Waals surface area contributed by atoms with Crippen LogP contribution in [0.25, 0.3) is 0 Å². The van der Waals surface area contributed by atoms with E-state index in [4.69, 9.17) is 9.73 Å². The number of para-hydroxylation sites is 2. The fraction of sp³-hybridized carbons (Fsp3) is 0.214. The topological polar surface area (TPSA) is 83.4 Å². The molecule has 2 heterocycles. The van der Waals surface area contributed by atoms with Gasteiger partial charge in [0.25, 0.3) is 5.91 Å². The molecule has 2 aliphatic heterocycles. The Balaban J connectivity index is 1.28. The first kappa shape index (κ1) is 24.7. The van der Waals surface area contributed by atoms with Gasteiger partial charge in [-0.1, -0.05) is 60.3 Å². The average Bonchev–Trinajstić information content (AvgIpc) is 3.26. The van der Waals surface area contributed by atoms with Crippen LogP contribution in [0.3, 0.4) is 0 Å². The molecular weight excluding hydrogens is 491 g/mol. The Morgan fingerprint density at radius 3 is 2.59 bits per heavy atom. The van der Waals surface area contributed by atoms with E-state index in [1.807, 2.05) is 48.5 Å². The fourth-order valence-electron chi connectivity index (χ4n) is 4.24. The molecule has 2 amide bonds. The number of benzene rings is 3. The molecule has 0 unspecified atom stereocenters. The molecule has 7 nitrogen and oxygen atoms in total. The van der Waals surface area contributed by atoms with Gasteiger partial charge in [0.05, 0.1) is 12.8 Å². The Kier molecular flexibility index (Phi) is 7.32. The van der Waals surface area contributed by atoms with E-state index in [9.17, 15) is 14.0 Å². The summed E-state index contributed by atoms with van der Waals surface area (Å²) in [5, 5.41) is 3.34. The maximum Gasteiger partial charge on any atom is 0.259 e. The lowest BCUT2D eigenvalue weighted by molar-refractivity contribution is -0.125. The summed E-state index contributed by atoms with van der Waals surface area (Å²) in [6.07, 6.45) is 0.413. The number of hydrogen-bond acceptors (Lipinski definition) is 6. The summed E-state index contributed by atoms with van der Waals surface area (Å²) in [4.78, 5) is 36.9. The standard InChI is InChI=1S/C28H25FN4O3S/c1-36-24-13-7-3-8-18(24)16-30-25(34)15-14-23-27(35)33-26(31-23)20-10-4-6-12-22(20)32-28(33)37-17-19-9-2-5-11-21(19)29/h2-13,23H,14-17H2,1H3,(H,30,34)/t23-/m0/s1. The molecule has 3 aromatic rings. The Hall–Kier alpha value is -3.98. The van der Waals surface area contributed by atoms with E-state index in [2.05, 4.69) is 10.3 Å². The van der Waals surface area contributed by atoms with E-state index in [1.165, 1.54) is 22.7 Å². The highest BCUT2D eigenvalue weighted by molar-refractivity contribution is 8.13. The van der Waals surface area contributed by atoms with Crippen molar-refractivity contribution in [3.05, 3.63) is 95.3 Å². The summed E-state index contributed by atoms with van der Waals surface area (Å²) < 4.78 is 19.5. The highest BCUT2D eigenvalue weighted by Gasteiger charge is 2.41. The molecule has 0 fully saturated rings. The van der Waals surface area contributed by atoms with Crippen LogP contribution in [0.15, 0.2) is 82.8 Å². The number of ether oxygens (including phenoxy) is 1. The van der Waals surface area contributed by atoms with Crippen molar-refractivity contribution in [1.29, 1.82) is 0 Å². The Labute approximate surface area is 218 Å². The summed E-state index contributed by atoms with van der Waals surface area (Å²) in [5.74, 6) is 0.835. The van der Waals surface area contributed by atoms with Crippen LogP contribution in [0.5, 0.6) is 5.75 Å². The summed E-state index contributed by atoms with van der Waals surface area (Å²) in [6, 6.07) is 20.8. The van der Waals surface area contributed by atoms with Crippen molar-refractivity contribution in [3.8, 4) is 5.75 Å². The SMILES string of the molecule is COc1ccccc1CNC(=O)CC[C@@H]1N=C2c3ccccc3N=C(SCc3ccccc3F)N2C1=O. The van der Waals surface area contributed by atoms with E-state index >= 15 is 0 Å². The predicted octanol–water partition coefficient (Wildman–Crippen LogP) is 4.82. The predicted molar refractivity (Wildman–Crippen MR) is 142 cm³/mol. The third kappa shape index (κ3) is 5.27. The van der Waals surface area contributed by atoms with E-state index in [0.29, 0.717) is 40.3 Å². The quantitative estimate of drug-likeness (QED) is 0.465. The molecule has 1 N–H and O–H groups in total. The number of fused-ring (bicyclic) bond motifs is 3. The molecule has 0 spiro atoms. The Morgan fingerprint density at radius 2 is 1.78 bits per heavy atom. The minimum Gasteiger partial charge on any atom is -0.496 e. The number of halogens is 1. The number of thioether (sulfide) groups is 1. The van der Waals surface area contributed by atoms with Crippen LogP contribution in [0, 0.1) is 5.82 Å². The van der Waals surface area contributed by atoms with Gasteiger partial charge < -0.3 is 10.1 Å². The third-order valence-corrected chi connectivity index (χ3v) is 7.16. The fourth-order valence-corrected chi connectivity index (χ4v) is 5.23. The van der Waals surface area contributed by atoms with Gasteiger partial charge in [0.1, 0.15) is 23.4 Å². The number of aliphatic imine (C=N–C) groups is 2. The molecule has 0 aromatic heterocycles. The summed E-state index contributed by atoms with van der Waals surface area (Å²) in [5.41, 5.74) is 2.87. The smallest absolute Gasteiger partial charge is 0.259 e. The van der Waals surface area contributed by atoms with Crippen LogP contribution in [0.1, 0.15) is 29.5 Å². The minimum atomic E-state index is -0.697. The maximum absolute atomic E-state index is 14.2. The van der Waals surface area contributed by atoms with Crippen LogP contribution in [0.2, 0.25) is 0 Å². The molecule has 5 rings (SSSR count). The average molecular weight is 517 g/mol. The molecular formula is C28H25FN4O3S. The van der Waals surface area contributed by atoms with Gasteiger partial charge in [-0.3, -0.25) is 14.6 Å². The molecule has 37 heavy (non-hydrogen) atoms. The molecule has 3 aromatic carbocycles. The number of methoxy groups -OCH3 is 1. The molecule has 9 heteroatoms. The van der Waals surface area contributed by atoms with Crippen LogP contribution in [-0.4, -0.2) is 40.9 Å². The van der Waals surface area contributed by atoms with Gasteiger partial charge >= 0.3 is 0 Å². The first-order valence-corrected chi connectivity index (χ1v) is 12.9. The number of nitrogens with zero attached hydrogens (tertiary/aromatic N) is 3. The van der Waals surface area contributed by atoms with Gasteiger partial charge in [-0.15, -0.1) is 0 Å². The number of amides is 2. The van der Waals surface area contributed by atoms with Crippen LogP contribution in [-0.2, 0) is 21.9 Å². The van der Waals surface area contributed by atoms with Crippen molar-refractivity contribution in [2.75, 3.05) is 7.11 Å². The number of hydrogen-bond donors (Lipinski definition) is 1. The summed E-state index contributed by atoms with van der Waals surface area (Å²) >= 11 is 1.29. The monoisotopic (exact) mass is 516 g/mol. The zero-order valence-electron chi connectivity index (χ0n) is 20.2.